The maximum Gasteiger partial charge on any atom is 0.309 e. The fourth-order valence-electron chi connectivity index (χ4n) is 1.54. The first-order valence-corrected chi connectivity index (χ1v) is 5.45. The Bertz CT molecular complexity index is 191. The van der Waals surface area contributed by atoms with Gasteiger partial charge in [-0.25, -0.2) is 0 Å². The van der Waals surface area contributed by atoms with Crippen molar-refractivity contribution in [2.45, 2.75) is 60.3 Å². The quantitative estimate of drug-likeness (QED) is 0.734. The Hall–Kier alpha value is -0.530. The molecule has 2 nitrogen and oxygen atoms in total. The second-order valence-electron chi connectivity index (χ2n) is 5.68. The highest BCUT2D eigenvalue weighted by molar-refractivity contribution is 5.74. The number of carboxylic acids is 1. The van der Waals surface area contributed by atoms with E-state index < -0.39 is 11.4 Å². The third kappa shape index (κ3) is 4.64. The van der Waals surface area contributed by atoms with Gasteiger partial charge < -0.3 is 5.11 Å². The Labute approximate surface area is 87.7 Å². The minimum Gasteiger partial charge on any atom is -0.481 e. The molecule has 0 saturated carbocycles. The van der Waals surface area contributed by atoms with Crippen LogP contribution < -0.4 is 0 Å². The monoisotopic (exact) mass is 200 g/mol. The van der Waals surface area contributed by atoms with Crippen molar-refractivity contribution in [3.63, 3.8) is 0 Å². The van der Waals surface area contributed by atoms with Crippen molar-refractivity contribution >= 4 is 5.97 Å². The second kappa shape index (κ2) is 4.81. The van der Waals surface area contributed by atoms with Crippen LogP contribution in [0.3, 0.4) is 0 Å². The molecule has 0 spiro atoms. The largest absolute Gasteiger partial charge is 0.481 e. The van der Waals surface area contributed by atoms with E-state index in [1.54, 1.807) is 0 Å². The SMILES string of the molecule is CCCC(C)(CCC(C)(C)C)C(=O)O. The van der Waals surface area contributed by atoms with Crippen LogP contribution >= 0.6 is 0 Å². The van der Waals surface area contributed by atoms with Gasteiger partial charge in [-0.15, -0.1) is 0 Å². The maximum absolute atomic E-state index is 11.1. The van der Waals surface area contributed by atoms with Crippen LogP contribution in [-0.2, 0) is 4.79 Å². The third-order valence-electron chi connectivity index (χ3n) is 2.74. The molecule has 0 rings (SSSR count). The average molecular weight is 200 g/mol. The van der Waals surface area contributed by atoms with E-state index in [1.165, 1.54) is 0 Å². The Morgan fingerprint density at radius 1 is 1.07 bits per heavy atom. The summed E-state index contributed by atoms with van der Waals surface area (Å²) in [5, 5.41) is 9.16. The molecule has 0 aliphatic heterocycles. The van der Waals surface area contributed by atoms with Gasteiger partial charge in [-0.1, -0.05) is 34.1 Å². The molecule has 0 aromatic rings. The molecule has 0 fully saturated rings. The summed E-state index contributed by atoms with van der Waals surface area (Å²) in [6.45, 7) is 10.4. The van der Waals surface area contributed by atoms with Gasteiger partial charge in [0.2, 0.25) is 0 Å². The molecule has 0 bridgehead atoms. The van der Waals surface area contributed by atoms with Crippen LogP contribution in [0.25, 0.3) is 0 Å². The van der Waals surface area contributed by atoms with Crippen molar-refractivity contribution in [3.05, 3.63) is 0 Å². The van der Waals surface area contributed by atoms with E-state index in [1.807, 2.05) is 13.8 Å². The second-order valence-corrected chi connectivity index (χ2v) is 5.68. The zero-order chi connectivity index (χ0) is 11.4. The molecule has 0 aliphatic rings. The number of rotatable bonds is 5. The minimum atomic E-state index is -0.649. The Kier molecular flexibility index (Phi) is 4.63. The molecule has 1 N–H and O–H groups in total. The first kappa shape index (κ1) is 13.5. The zero-order valence-corrected chi connectivity index (χ0v) is 10.2. The van der Waals surface area contributed by atoms with Gasteiger partial charge in [-0.2, -0.15) is 0 Å². The summed E-state index contributed by atoms with van der Waals surface area (Å²) < 4.78 is 0. The predicted octanol–water partition coefficient (Wildman–Crippen LogP) is 3.70. The first-order valence-electron chi connectivity index (χ1n) is 5.45. The van der Waals surface area contributed by atoms with Crippen LogP contribution in [0.2, 0.25) is 0 Å². The standard InChI is InChI=1S/C12H24O2/c1-6-7-12(5,10(13)14)9-8-11(2,3)4/h6-9H2,1-5H3,(H,13,14). The molecule has 0 amide bonds. The van der Waals surface area contributed by atoms with Crippen LogP contribution in [0, 0.1) is 10.8 Å². The predicted molar refractivity (Wildman–Crippen MR) is 59.3 cm³/mol. The van der Waals surface area contributed by atoms with E-state index in [0.717, 1.165) is 25.7 Å². The molecule has 0 aliphatic carbocycles. The van der Waals surface area contributed by atoms with Crippen LogP contribution in [0.1, 0.15) is 60.3 Å². The van der Waals surface area contributed by atoms with Crippen molar-refractivity contribution in [2.75, 3.05) is 0 Å². The summed E-state index contributed by atoms with van der Waals surface area (Å²) >= 11 is 0. The van der Waals surface area contributed by atoms with Crippen LogP contribution in [0.5, 0.6) is 0 Å². The minimum absolute atomic E-state index is 0.227. The molecule has 1 atom stereocenters. The van der Waals surface area contributed by atoms with E-state index in [-0.39, 0.29) is 5.41 Å². The van der Waals surface area contributed by atoms with Crippen molar-refractivity contribution in [1.82, 2.24) is 0 Å². The van der Waals surface area contributed by atoms with Crippen LogP contribution in [-0.4, -0.2) is 11.1 Å². The highest BCUT2D eigenvalue weighted by Crippen LogP contribution is 2.34. The lowest BCUT2D eigenvalue weighted by Gasteiger charge is -2.28. The molecule has 0 saturated heterocycles. The van der Waals surface area contributed by atoms with Gasteiger partial charge in [0, 0.05) is 0 Å². The Balaban J connectivity index is 4.31. The van der Waals surface area contributed by atoms with Crippen molar-refractivity contribution in [2.24, 2.45) is 10.8 Å². The van der Waals surface area contributed by atoms with E-state index in [4.69, 9.17) is 5.11 Å². The van der Waals surface area contributed by atoms with Crippen molar-refractivity contribution in [3.8, 4) is 0 Å². The van der Waals surface area contributed by atoms with Crippen molar-refractivity contribution < 1.29 is 9.90 Å². The number of hydrogen-bond acceptors (Lipinski definition) is 1. The summed E-state index contributed by atoms with van der Waals surface area (Å²) in [6.07, 6.45) is 3.46. The van der Waals surface area contributed by atoms with E-state index in [2.05, 4.69) is 20.8 Å². The van der Waals surface area contributed by atoms with Gasteiger partial charge in [-0.05, 0) is 31.6 Å². The molecule has 1 unspecified atom stereocenters. The summed E-state index contributed by atoms with van der Waals surface area (Å²) in [7, 11) is 0. The molecule has 84 valence electrons. The molecule has 0 aromatic carbocycles. The molecule has 2 heteroatoms. The third-order valence-corrected chi connectivity index (χ3v) is 2.74. The first-order chi connectivity index (χ1) is 6.21. The number of aliphatic carboxylic acids is 1. The van der Waals surface area contributed by atoms with Crippen LogP contribution in [0.15, 0.2) is 0 Å². The maximum atomic E-state index is 11.1. The molecule has 14 heavy (non-hydrogen) atoms. The summed E-state index contributed by atoms with van der Waals surface area (Å²) in [4.78, 5) is 11.1. The van der Waals surface area contributed by atoms with Gasteiger partial charge in [0.05, 0.1) is 5.41 Å². The lowest BCUT2D eigenvalue weighted by atomic mass is 9.76. The van der Waals surface area contributed by atoms with Gasteiger partial charge in [0.25, 0.3) is 0 Å². The summed E-state index contributed by atoms with van der Waals surface area (Å²) in [5.74, 6) is -0.649. The molecular formula is C12H24O2. The topological polar surface area (TPSA) is 37.3 Å². The molecule has 0 aromatic heterocycles. The van der Waals surface area contributed by atoms with E-state index >= 15 is 0 Å². The van der Waals surface area contributed by atoms with Gasteiger partial charge in [-0.3, -0.25) is 4.79 Å². The summed E-state index contributed by atoms with van der Waals surface area (Å²) in [6, 6.07) is 0. The smallest absolute Gasteiger partial charge is 0.309 e. The van der Waals surface area contributed by atoms with E-state index in [9.17, 15) is 4.79 Å². The average Bonchev–Trinajstić information content (AvgIpc) is 2.00. The lowest BCUT2D eigenvalue weighted by molar-refractivity contribution is -0.149. The van der Waals surface area contributed by atoms with E-state index in [0.29, 0.717) is 0 Å². The van der Waals surface area contributed by atoms with Gasteiger partial charge in [0.15, 0.2) is 0 Å². The Morgan fingerprint density at radius 2 is 1.57 bits per heavy atom. The Morgan fingerprint density at radius 3 is 1.86 bits per heavy atom. The lowest BCUT2D eigenvalue weighted by Crippen LogP contribution is -2.28. The van der Waals surface area contributed by atoms with Gasteiger partial charge >= 0.3 is 5.97 Å². The number of hydrogen-bond donors (Lipinski definition) is 1. The fourth-order valence-corrected chi connectivity index (χ4v) is 1.54. The highest BCUT2D eigenvalue weighted by atomic mass is 16.4. The fraction of sp³-hybridized carbons (Fsp3) is 0.917. The van der Waals surface area contributed by atoms with Crippen LogP contribution in [0.4, 0.5) is 0 Å². The molecule has 0 heterocycles. The molecule has 0 radical (unpaired) electrons. The number of carbonyl (C=O) groups is 1. The number of carboxylic acid groups (broad SMARTS) is 1. The highest BCUT2D eigenvalue weighted by Gasteiger charge is 2.32. The molecular weight excluding hydrogens is 176 g/mol. The zero-order valence-electron chi connectivity index (χ0n) is 10.2. The summed E-state index contributed by atoms with van der Waals surface area (Å²) in [5.41, 5.74) is -0.299. The van der Waals surface area contributed by atoms with Gasteiger partial charge in [0.1, 0.15) is 0 Å². The normalized spacial score (nSPS) is 16.4. The van der Waals surface area contributed by atoms with Crippen molar-refractivity contribution in [1.29, 1.82) is 0 Å².